The molecule has 1 aromatic heterocycles. The number of nitrogens with zero attached hydrogens (tertiary/aromatic N) is 1. The molecule has 0 saturated heterocycles. The van der Waals surface area contributed by atoms with Crippen LogP contribution >= 0.6 is 0 Å². The van der Waals surface area contributed by atoms with E-state index in [2.05, 4.69) is 18.0 Å². The van der Waals surface area contributed by atoms with Gasteiger partial charge in [0.25, 0.3) is 0 Å². The Labute approximate surface area is 85.5 Å². The summed E-state index contributed by atoms with van der Waals surface area (Å²) in [7, 11) is 0. The van der Waals surface area contributed by atoms with Crippen LogP contribution in [0.25, 0.3) is 0 Å². The van der Waals surface area contributed by atoms with Crippen LogP contribution in [0.1, 0.15) is 30.4 Å². The quantitative estimate of drug-likeness (QED) is 0.789. The molecule has 0 radical (unpaired) electrons. The van der Waals surface area contributed by atoms with Crippen molar-refractivity contribution < 1.29 is 0 Å². The summed E-state index contributed by atoms with van der Waals surface area (Å²) in [6.45, 7) is 2.08. The molecule has 0 bridgehead atoms. The Morgan fingerprint density at radius 2 is 2.29 bits per heavy atom. The smallest absolute Gasteiger partial charge is 0.0300 e. The van der Waals surface area contributed by atoms with E-state index in [9.17, 15) is 0 Å². The first-order chi connectivity index (χ1) is 6.75. The summed E-state index contributed by atoms with van der Waals surface area (Å²) in [6, 6.07) is 2.61. The van der Waals surface area contributed by atoms with Gasteiger partial charge in [0.1, 0.15) is 0 Å². The van der Waals surface area contributed by atoms with Gasteiger partial charge >= 0.3 is 0 Å². The predicted molar refractivity (Wildman–Crippen MR) is 58.0 cm³/mol. The van der Waals surface area contributed by atoms with E-state index in [0.29, 0.717) is 6.04 Å². The van der Waals surface area contributed by atoms with Gasteiger partial charge in [-0.25, -0.2) is 0 Å². The van der Waals surface area contributed by atoms with E-state index < -0.39 is 0 Å². The van der Waals surface area contributed by atoms with Crippen LogP contribution in [-0.4, -0.2) is 11.0 Å². The van der Waals surface area contributed by atoms with Crippen LogP contribution in [0.4, 0.5) is 0 Å². The minimum atomic E-state index is 0.413. The molecule has 1 heterocycles. The number of rotatable bonds is 4. The Hall–Kier alpha value is -0.890. The van der Waals surface area contributed by atoms with E-state index in [0.717, 1.165) is 18.8 Å². The topological polar surface area (TPSA) is 38.9 Å². The fourth-order valence-corrected chi connectivity index (χ4v) is 1.85. The third-order valence-electron chi connectivity index (χ3n) is 2.93. The van der Waals surface area contributed by atoms with Crippen molar-refractivity contribution in [3.8, 4) is 0 Å². The number of aromatic nitrogens is 1. The van der Waals surface area contributed by atoms with Crippen LogP contribution in [0.5, 0.6) is 0 Å². The minimum absolute atomic E-state index is 0.413. The van der Waals surface area contributed by atoms with Gasteiger partial charge in [0.15, 0.2) is 0 Å². The van der Waals surface area contributed by atoms with E-state index in [1.165, 1.54) is 24.0 Å². The van der Waals surface area contributed by atoms with Crippen molar-refractivity contribution in [1.82, 2.24) is 4.98 Å². The van der Waals surface area contributed by atoms with Gasteiger partial charge in [0.2, 0.25) is 0 Å². The van der Waals surface area contributed by atoms with Crippen molar-refractivity contribution in [2.24, 2.45) is 11.7 Å². The van der Waals surface area contributed by atoms with Crippen LogP contribution in [0.3, 0.4) is 0 Å². The van der Waals surface area contributed by atoms with Gasteiger partial charge in [-0.05, 0) is 49.7 Å². The van der Waals surface area contributed by atoms with Crippen LogP contribution in [0.2, 0.25) is 0 Å². The molecule has 0 spiro atoms. The van der Waals surface area contributed by atoms with Crippen LogP contribution in [0.15, 0.2) is 18.5 Å². The number of pyridine rings is 1. The lowest BCUT2D eigenvalue weighted by atomic mass is 10.0. The van der Waals surface area contributed by atoms with Gasteiger partial charge < -0.3 is 5.73 Å². The minimum Gasteiger partial charge on any atom is -0.327 e. The normalized spacial score (nSPS) is 18.1. The molecule has 0 amide bonds. The highest BCUT2D eigenvalue weighted by atomic mass is 14.7. The van der Waals surface area contributed by atoms with Gasteiger partial charge in [0.05, 0.1) is 0 Å². The van der Waals surface area contributed by atoms with E-state index in [-0.39, 0.29) is 0 Å². The summed E-state index contributed by atoms with van der Waals surface area (Å²) >= 11 is 0. The molecular weight excluding hydrogens is 172 g/mol. The highest BCUT2D eigenvalue weighted by Gasteiger charge is 2.27. The molecule has 2 N–H and O–H groups in total. The maximum atomic E-state index is 6.04. The SMILES string of the molecule is Cc1cncc(CCC(N)C2CC2)c1. The molecular formula is C12H18N2. The Morgan fingerprint density at radius 1 is 1.50 bits per heavy atom. The monoisotopic (exact) mass is 190 g/mol. The Balaban J connectivity index is 1.84. The summed E-state index contributed by atoms with van der Waals surface area (Å²) < 4.78 is 0. The molecule has 0 aromatic carbocycles. The van der Waals surface area contributed by atoms with Gasteiger partial charge in [0, 0.05) is 18.4 Å². The average Bonchev–Trinajstić information content (AvgIpc) is 2.97. The zero-order valence-electron chi connectivity index (χ0n) is 8.74. The highest BCUT2D eigenvalue weighted by Crippen LogP contribution is 2.33. The predicted octanol–water partition coefficient (Wildman–Crippen LogP) is 2.06. The van der Waals surface area contributed by atoms with Crippen LogP contribution in [-0.2, 0) is 6.42 Å². The van der Waals surface area contributed by atoms with E-state index in [4.69, 9.17) is 5.73 Å². The summed E-state index contributed by atoms with van der Waals surface area (Å²) in [5.41, 5.74) is 8.60. The molecule has 2 heteroatoms. The molecule has 1 atom stereocenters. The zero-order valence-corrected chi connectivity index (χ0v) is 8.74. The van der Waals surface area contributed by atoms with Crippen molar-refractivity contribution in [3.63, 3.8) is 0 Å². The lowest BCUT2D eigenvalue weighted by Crippen LogP contribution is -2.22. The summed E-state index contributed by atoms with van der Waals surface area (Å²) in [5, 5.41) is 0. The molecule has 0 aliphatic heterocycles. The highest BCUT2D eigenvalue weighted by molar-refractivity contribution is 5.16. The first kappa shape index (κ1) is 9.66. The first-order valence-electron chi connectivity index (χ1n) is 5.42. The van der Waals surface area contributed by atoms with Gasteiger partial charge in [-0.2, -0.15) is 0 Å². The van der Waals surface area contributed by atoms with Gasteiger partial charge in [-0.3, -0.25) is 4.98 Å². The Kier molecular flexibility index (Phi) is 2.82. The molecule has 14 heavy (non-hydrogen) atoms. The molecule has 2 rings (SSSR count). The number of hydrogen-bond acceptors (Lipinski definition) is 2. The fraction of sp³-hybridized carbons (Fsp3) is 0.583. The third-order valence-corrected chi connectivity index (χ3v) is 2.93. The largest absolute Gasteiger partial charge is 0.327 e. The molecule has 1 unspecified atom stereocenters. The van der Waals surface area contributed by atoms with E-state index in [1.807, 2.05) is 12.4 Å². The molecule has 76 valence electrons. The molecule has 1 aromatic rings. The Morgan fingerprint density at radius 3 is 2.93 bits per heavy atom. The fourth-order valence-electron chi connectivity index (χ4n) is 1.85. The van der Waals surface area contributed by atoms with Crippen molar-refractivity contribution in [2.75, 3.05) is 0 Å². The van der Waals surface area contributed by atoms with Crippen molar-refractivity contribution in [3.05, 3.63) is 29.6 Å². The zero-order chi connectivity index (χ0) is 9.97. The van der Waals surface area contributed by atoms with Crippen LogP contribution in [0, 0.1) is 12.8 Å². The standard InChI is InChI=1S/C12H18N2/c1-9-6-10(8-14-7-9)2-5-12(13)11-3-4-11/h6-8,11-12H,2-5,13H2,1H3. The Bertz CT molecular complexity index is 305. The molecule has 2 nitrogen and oxygen atoms in total. The molecule has 1 saturated carbocycles. The van der Waals surface area contributed by atoms with Crippen LogP contribution < -0.4 is 5.73 Å². The second-order valence-corrected chi connectivity index (χ2v) is 4.41. The third kappa shape index (κ3) is 2.55. The maximum Gasteiger partial charge on any atom is 0.0300 e. The molecule has 1 aliphatic rings. The molecule has 1 aliphatic carbocycles. The van der Waals surface area contributed by atoms with E-state index in [1.54, 1.807) is 0 Å². The van der Waals surface area contributed by atoms with Crippen molar-refractivity contribution in [1.29, 1.82) is 0 Å². The lowest BCUT2D eigenvalue weighted by molar-refractivity contribution is 0.550. The number of nitrogens with two attached hydrogens (primary N) is 1. The number of aryl methyl sites for hydroxylation is 2. The second kappa shape index (κ2) is 4.09. The summed E-state index contributed by atoms with van der Waals surface area (Å²) in [6.07, 6.45) is 8.71. The molecule has 1 fully saturated rings. The summed E-state index contributed by atoms with van der Waals surface area (Å²) in [4.78, 5) is 4.18. The van der Waals surface area contributed by atoms with Gasteiger partial charge in [-0.15, -0.1) is 0 Å². The maximum absolute atomic E-state index is 6.04. The second-order valence-electron chi connectivity index (χ2n) is 4.41. The lowest BCUT2D eigenvalue weighted by Gasteiger charge is -2.09. The van der Waals surface area contributed by atoms with Gasteiger partial charge in [-0.1, -0.05) is 6.07 Å². The first-order valence-corrected chi connectivity index (χ1v) is 5.42. The van der Waals surface area contributed by atoms with Crippen molar-refractivity contribution in [2.45, 2.75) is 38.6 Å². The van der Waals surface area contributed by atoms with Crippen molar-refractivity contribution >= 4 is 0 Å². The summed E-state index contributed by atoms with van der Waals surface area (Å²) in [5.74, 6) is 0.813. The average molecular weight is 190 g/mol. The van der Waals surface area contributed by atoms with E-state index >= 15 is 0 Å². The number of hydrogen-bond donors (Lipinski definition) is 1.